The molecule has 1 aromatic heterocycles. The van der Waals surface area contributed by atoms with Gasteiger partial charge in [-0.05, 0) is 12.1 Å². The number of benzene rings is 2. The van der Waals surface area contributed by atoms with E-state index in [0.717, 1.165) is 10.2 Å². The molecular formula is C19H17FN2O3S. The van der Waals surface area contributed by atoms with Crippen LogP contribution >= 0.6 is 11.3 Å². The van der Waals surface area contributed by atoms with Crippen molar-refractivity contribution in [2.24, 2.45) is 4.99 Å². The van der Waals surface area contributed by atoms with Crippen LogP contribution in [-0.4, -0.2) is 24.7 Å². The van der Waals surface area contributed by atoms with Crippen molar-refractivity contribution < 1.29 is 18.7 Å². The zero-order valence-corrected chi connectivity index (χ0v) is 15.2. The van der Waals surface area contributed by atoms with E-state index in [1.807, 2.05) is 16.7 Å². The van der Waals surface area contributed by atoms with Gasteiger partial charge in [0.05, 0.1) is 30.0 Å². The summed E-state index contributed by atoms with van der Waals surface area (Å²) < 4.78 is 27.2. The Hall–Kier alpha value is -2.93. The molecule has 5 nitrogen and oxygen atoms in total. The first-order valence-corrected chi connectivity index (χ1v) is 8.60. The molecule has 0 aliphatic heterocycles. The summed E-state index contributed by atoms with van der Waals surface area (Å²) in [7, 11) is 3.11. The predicted molar refractivity (Wildman–Crippen MR) is 99.4 cm³/mol. The second kappa shape index (κ2) is 7.53. The summed E-state index contributed by atoms with van der Waals surface area (Å²) in [5, 5.41) is 0. The molecule has 1 heterocycles. The van der Waals surface area contributed by atoms with Crippen LogP contribution in [0.3, 0.4) is 0 Å². The van der Waals surface area contributed by atoms with E-state index >= 15 is 0 Å². The Morgan fingerprint density at radius 1 is 1.27 bits per heavy atom. The Kier molecular flexibility index (Phi) is 5.18. The first kappa shape index (κ1) is 17.9. The summed E-state index contributed by atoms with van der Waals surface area (Å²) in [6.45, 7) is 4.20. The van der Waals surface area contributed by atoms with Crippen LogP contribution in [0.4, 0.5) is 4.39 Å². The van der Waals surface area contributed by atoms with Gasteiger partial charge in [-0.25, -0.2) is 4.39 Å². The van der Waals surface area contributed by atoms with Gasteiger partial charge in [-0.1, -0.05) is 29.5 Å². The van der Waals surface area contributed by atoms with Crippen molar-refractivity contribution in [1.29, 1.82) is 0 Å². The van der Waals surface area contributed by atoms with E-state index in [1.54, 1.807) is 26.4 Å². The maximum Gasteiger partial charge on any atom is 0.282 e. The molecule has 1 amide bonds. The maximum absolute atomic E-state index is 13.9. The fourth-order valence-electron chi connectivity index (χ4n) is 2.57. The molecule has 134 valence electrons. The van der Waals surface area contributed by atoms with Gasteiger partial charge in [0, 0.05) is 18.7 Å². The lowest BCUT2D eigenvalue weighted by Gasteiger charge is -2.08. The molecule has 3 rings (SSSR count). The highest BCUT2D eigenvalue weighted by atomic mass is 32.1. The number of thiazole rings is 1. The monoisotopic (exact) mass is 372 g/mol. The average Bonchev–Trinajstić information content (AvgIpc) is 2.97. The molecule has 26 heavy (non-hydrogen) atoms. The Balaban J connectivity index is 2.21. The number of fused-ring (bicyclic) bond motifs is 1. The fraction of sp³-hybridized carbons (Fsp3) is 0.158. The Labute approximate surface area is 153 Å². The first-order valence-electron chi connectivity index (χ1n) is 7.79. The van der Waals surface area contributed by atoms with Crippen LogP contribution in [0.1, 0.15) is 10.4 Å². The van der Waals surface area contributed by atoms with Crippen LogP contribution in [0.15, 0.2) is 54.0 Å². The zero-order chi connectivity index (χ0) is 18.7. The van der Waals surface area contributed by atoms with E-state index in [2.05, 4.69) is 11.6 Å². The van der Waals surface area contributed by atoms with Crippen LogP contribution in [-0.2, 0) is 6.54 Å². The number of nitrogens with zero attached hydrogens (tertiary/aromatic N) is 2. The number of hydrogen-bond acceptors (Lipinski definition) is 4. The van der Waals surface area contributed by atoms with Gasteiger partial charge >= 0.3 is 0 Å². The van der Waals surface area contributed by atoms with E-state index in [-0.39, 0.29) is 5.56 Å². The second-order valence-corrected chi connectivity index (χ2v) is 6.36. The topological polar surface area (TPSA) is 52.8 Å². The molecule has 0 radical (unpaired) electrons. The minimum Gasteiger partial charge on any atom is -0.493 e. The summed E-state index contributed by atoms with van der Waals surface area (Å²) in [5.41, 5.74) is 0.762. The number of amides is 1. The summed E-state index contributed by atoms with van der Waals surface area (Å²) in [6, 6.07) is 9.43. The largest absolute Gasteiger partial charge is 0.493 e. The number of carbonyl (C=O) groups is 1. The number of allylic oxidation sites excluding steroid dienone is 1. The standard InChI is InChI=1S/C19H17FN2O3S/c1-4-9-22-14-10-15(24-2)16(25-3)11-17(14)26-19(22)21-18(23)12-7-5-6-8-13(12)20/h4-8,10-11H,1,9H2,2-3H3. The SMILES string of the molecule is C=CCn1c(=NC(=O)c2ccccc2F)sc2cc(OC)c(OC)cc21. The number of methoxy groups -OCH3 is 2. The smallest absolute Gasteiger partial charge is 0.282 e. The fourth-order valence-corrected chi connectivity index (χ4v) is 3.62. The highest BCUT2D eigenvalue weighted by molar-refractivity contribution is 7.16. The lowest BCUT2D eigenvalue weighted by Crippen LogP contribution is -2.16. The molecule has 7 heteroatoms. The summed E-state index contributed by atoms with van der Waals surface area (Å²) in [4.78, 5) is 17.0. The summed E-state index contributed by atoms with van der Waals surface area (Å²) >= 11 is 1.31. The van der Waals surface area contributed by atoms with Gasteiger partial charge in [-0.15, -0.1) is 6.58 Å². The Bertz CT molecular complexity index is 1050. The van der Waals surface area contributed by atoms with E-state index in [9.17, 15) is 9.18 Å². The van der Waals surface area contributed by atoms with Crippen LogP contribution < -0.4 is 14.3 Å². The van der Waals surface area contributed by atoms with Crippen molar-refractivity contribution in [3.63, 3.8) is 0 Å². The normalized spacial score (nSPS) is 11.6. The van der Waals surface area contributed by atoms with E-state index in [0.29, 0.717) is 22.8 Å². The average molecular weight is 372 g/mol. The van der Waals surface area contributed by atoms with Gasteiger partial charge in [-0.2, -0.15) is 4.99 Å². The molecule has 3 aromatic rings. The van der Waals surface area contributed by atoms with Crippen molar-refractivity contribution in [3.8, 4) is 11.5 Å². The molecule has 0 N–H and O–H groups in total. The third-order valence-electron chi connectivity index (χ3n) is 3.80. The predicted octanol–water partition coefficient (Wildman–Crippen LogP) is 3.79. The number of ether oxygens (including phenoxy) is 2. The van der Waals surface area contributed by atoms with Crippen LogP contribution in [0.25, 0.3) is 10.2 Å². The van der Waals surface area contributed by atoms with E-state index in [4.69, 9.17) is 9.47 Å². The maximum atomic E-state index is 13.9. The van der Waals surface area contributed by atoms with E-state index in [1.165, 1.54) is 29.5 Å². The number of hydrogen-bond donors (Lipinski definition) is 0. The van der Waals surface area contributed by atoms with Crippen molar-refractivity contribution in [2.45, 2.75) is 6.54 Å². The molecule has 0 saturated carbocycles. The zero-order valence-electron chi connectivity index (χ0n) is 14.4. The molecule has 0 atom stereocenters. The molecule has 0 spiro atoms. The summed E-state index contributed by atoms with van der Waals surface area (Å²) in [5.74, 6) is -0.0751. The van der Waals surface area contributed by atoms with E-state index < -0.39 is 11.7 Å². The van der Waals surface area contributed by atoms with Crippen LogP contribution in [0, 0.1) is 5.82 Å². The van der Waals surface area contributed by atoms with Crippen LogP contribution in [0.5, 0.6) is 11.5 Å². The van der Waals surface area contributed by atoms with Gasteiger partial charge in [0.15, 0.2) is 16.3 Å². The summed E-state index contributed by atoms with van der Waals surface area (Å²) in [6.07, 6.45) is 1.70. The number of halogens is 1. The lowest BCUT2D eigenvalue weighted by atomic mass is 10.2. The van der Waals surface area contributed by atoms with Crippen molar-refractivity contribution in [1.82, 2.24) is 4.57 Å². The van der Waals surface area contributed by atoms with Gasteiger partial charge < -0.3 is 14.0 Å². The number of carbonyl (C=O) groups excluding carboxylic acids is 1. The molecule has 2 aromatic carbocycles. The van der Waals surface area contributed by atoms with Gasteiger partial charge in [0.2, 0.25) is 0 Å². The van der Waals surface area contributed by atoms with Crippen molar-refractivity contribution in [2.75, 3.05) is 14.2 Å². The molecule has 0 unspecified atom stereocenters. The third-order valence-corrected chi connectivity index (χ3v) is 4.84. The van der Waals surface area contributed by atoms with Gasteiger partial charge in [0.25, 0.3) is 5.91 Å². The van der Waals surface area contributed by atoms with Gasteiger partial charge in [-0.3, -0.25) is 4.79 Å². The number of rotatable bonds is 5. The minimum absolute atomic E-state index is 0.0646. The molecule has 0 saturated heterocycles. The Morgan fingerprint density at radius 2 is 1.96 bits per heavy atom. The molecule has 0 aliphatic carbocycles. The van der Waals surface area contributed by atoms with Crippen molar-refractivity contribution >= 4 is 27.5 Å². The minimum atomic E-state index is -0.633. The Morgan fingerprint density at radius 3 is 2.62 bits per heavy atom. The number of aromatic nitrogens is 1. The highest BCUT2D eigenvalue weighted by Crippen LogP contribution is 2.33. The van der Waals surface area contributed by atoms with Crippen LogP contribution in [0.2, 0.25) is 0 Å². The lowest BCUT2D eigenvalue weighted by molar-refractivity contribution is 0.0994. The molecule has 0 bridgehead atoms. The third kappa shape index (κ3) is 3.25. The first-order chi connectivity index (χ1) is 12.6. The quantitative estimate of drug-likeness (QED) is 0.641. The van der Waals surface area contributed by atoms with Crippen molar-refractivity contribution in [3.05, 3.63) is 65.2 Å². The molecule has 0 aliphatic rings. The molecule has 0 fully saturated rings. The van der Waals surface area contributed by atoms with Gasteiger partial charge in [0.1, 0.15) is 5.82 Å². The second-order valence-electron chi connectivity index (χ2n) is 5.36. The molecular weight excluding hydrogens is 355 g/mol. The highest BCUT2D eigenvalue weighted by Gasteiger charge is 2.14.